The van der Waals surface area contributed by atoms with Crippen LogP contribution in [0, 0.1) is 0 Å². The van der Waals surface area contributed by atoms with Crippen molar-refractivity contribution in [2.45, 2.75) is 57.7 Å². The molecule has 0 fully saturated rings. The Balaban J connectivity index is 4.17. The Bertz CT molecular complexity index is 517. The molecule has 0 saturated heterocycles. The number of carbonyl (C=O) groups is 2. The summed E-state index contributed by atoms with van der Waals surface area (Å²) in [5.74, 6) is -1.59. The number of esters is 1. The first-order valence-electron chi connectivity index (χ1n) is 9.48. The first-order valence-corrected chi connectivity index (χ1v) is 9.48. The highest BCUT2D eigenvalue weighted by Gasteiger charge is 2.25. The first-order chi connectivity index (χ1) is 12.6. The van der Waals surface area contributed by atoms with Crippen LogP contribution in [0.15, 0.2) is 36.5 Å². The number of carbonyl (C=O) groups excluding carboxylic acids is 1. The minimum Gasteiger partial charge on any atom is -0.481 e. The van der Waals surface area contributed by atoms with Crippen LogP contribution in [0.25, 0.3) is 0 Å². The summed E-state index contributed by atoms with van der Waals surface area (Å²) in [5, 5.41) is 18.9. The molecule has 154 valence electrons. The van der Waals surface area contributed by atoms with Crippen molar-refractivity contribution in [1.29, 1.82) is 0 Å². The van der Waals surface area contributed by atoms with Crippen LogP contribution in [-0.4, -0.2) is 66.5 Å². The number of nitrogens with zero attached hydrogens (tertiary/aromatic N) is 1. The molecule has 2 atom stereocenters. The molecule has 0 amide bonds. The van der Waals surface area contributed by atoms with E-state index in [1.807, 2.05) is 52.4 Å². The average Bonchev–Trinajstić information content (AvgIpc) is 2.50. The second kappa shape index (κ2) is 14.2. The quantitative estimate of drug-likeness (QED) is 0.159. The topological polar surface area (TPSA) is 83.8 Å². The number of rotatable bonds is 14. The highest BCUT2D eigenvalue weighted by Crippen LogP contribution is 2.09. The lowest BCUT2D eigenvalue weighted by Gasteiger charge is -2.28. The predicted octanol–water partition coefficient (Wildman–Crippen LogP) is 3.08. The van der Waals surface area contributed by atoms with E-state index in [2.05, 4.69) is 6.08 Å². The molecule has 0 radical (unpaired) electrons. The van der Waals surface area contributed by atoms with E-state index < -0.39 is 24.1 Å². The molecule has 0 bridgehead atoms. The van der Waals surface area contributed by atoms with E-state index >= 15 is 0 Å². The molecule has 0 aliphatic rings. The fraction of sp³-hybridized carbons (Fsp3) is 0.619. The molecule has 0 aromatic carbocycles. The number of unbranched alkanes of at least 4 members (excludes halogenated alkanes) is 3. The van der Waals surface area contributed by atoms with Gasteiger partial charge in [0, 0.05) is 0 Å². The number of aliphatic hydroxyl groups is 1. The summed E-state index contributed by atoms with van der Waals surface area (Å²) in [6.07, 6.45) is 13.5. The number of quaternary nitrogens is 1. The SMILES string of the molecule is C/C=C/C=C/CCCC/C=C/C(O)CC(=O)OC(CC(=O)O)C[N+](C)(C)C. The van der Waals surface area contributed by atoms with Crippen molar-refractivity contribution >= 4 is 11.9 Å². The van der Waals surface area contributed by atoms with Gasteiger partial charge >= 0.3 is 11.9 Å². The van der Waals surface area contributed by atoms with Crippen molar-refractivity contribution in [1.82, 2.24) is 0 Å². The molecule has 27 heavy (non-hydrogen) atoms. The summed E-state index contributed by atoms with van der Waals surface area (Å²) >= 11 is 0. The molecule has 0 aliphatic heterocycles. The standard InChI is InChI=1S/C21H35NO5/c1-5-6-7-8-9-10-11-12-13-14-18(23)15-21(26)27-19(16-20(24)25)17-22(2,3)4/h5-8,13-14,18-19,23H,9-12,15-17H2,1-4H3/p+1/b6-5+,8-7+,14-13+. The van der Waals surface area contributed by atoms with Crippen molar-refractivity contribution in [3.05, 3.63) is 36.5 Å². The lowest BCUT2D eigenvalue weighted by molar-refractivity contribution is -0.873. The number of hydrogen-bond donors (Lipinski definition) is 2. The third kappa shape index (κ3) is 17.3. The third-order valence-electron chi connectivity index (χ3n) is 3.62. The van der Waals surface area contributed by atoms with Crippen LogP contribution < -0.4 is 0 Å². The maximum Gasteiger partial charge on any atom is 0.309 e. The van der Waals surface area contributed by atoms with E-state index in [0.717, 1.165) is 25.7 Å². The number of aliphatic carboxylic acids is 1. The third-order valence-corrected chi connectivity index (χ3v) is 3.62. The van der Waals surface area contributed by atoms with E-state index in [9.17, 15) is 14.7 Å². The van der Waals surface area contributed by atoms with Crippen LogP contribution >= 0.6 is 0 Å². The molecular weight excluding hydrogens is 346 g/mol. The van der Waals surface area contributed by atoms with Crippen molar-refractivity contribution in [2.75, 3.05) is 27.7 Å². The molecular formula is C21H36NO5+. The Kier molecular flexibility index (Phi) is 13.2. The number of carboxylic acids is 1. The number of hydrogen-bond acceptors (Lipinski definition) is 4. The fourth-order valence-corrected chi connectivity index (χ4v) is 2.49. The van der Waals surface area contributed by atoms with E-state index in [4.69, 9.17) is 9.84 Å². The van der Waals surface area contributed by atoms with Crippen molar-refractivity contribution < 1.29 is 29.0 Å². The van der Waals surface area contributed by atoms with Gasteiger partial charge in [-0.15, -0.1) is 0 Å². The van der Waals surface area contributed by atoms with Crippen LogP contribution in [0.5, 0.6) is 0 Å². The van der Waals surface area contributed by atoms with E-state index in [-0.39, 0.29) is 12.8 Å². The van der Waals surface area contributed by atoms with Crippen LogP contribution in [0.3, 0.4) is 0 Å². The highest BCUT2D eigenvalue weighted by atomic mass is 16.5. The Labute approximate surface area is 163 Å². The summed E-state index contributed by atoms with van der Waals surface area (Å²) < 4.78 is 5.74. The van der Waals surface area contributed by atoms with Gasteiger partial charge in [-0.1, -0.05) is 36.5 Å². The van der Waals surface area contributed by atoms with Gasteiger partial charge in [-0.2, -0.15) is 0 Å². The lowest BCUT2D eigenvalue weighted by atomic mass is 10.1. The van der Waals surface area contributed by atoms with Crippen molar-refractivity contribution in [2.24, 2.45) is 0 Å². The van der Waals surface area contributed by atoms with Gasteiger partial charge in [-0.05, 0) is 32.6 Å². The summed E-state index contributed by atoms with van der Waals surface area (Å²) in [7, 11) is 5.70. The maximum atomic E-state index is 12.0. The second-order valence-electron chi connectivity index (χ2n) is 7.62. The molecule has 2 N–H and O–H groups in total. The number of ether oxygens (including phenoxy) is 1. The molecule has 0 rings (SSSR count). The number of carboxylic acid groups (broad SMARTS) is 1. The predicted molar refractivity (Wildman–Crippen MR) is 107 cm³/mol. The number of likely N-dealkylation sites (N-methyl/N-ethyl adjacent to an activating group) is 1. The molecule has 0 saturated carbocycles. The molecule has 0 spiro atoms. The molecule has 0 heterocycles. The molecule has 6 heteroatoms. The number of allylic oxidation sites excluding steroid dienone is 5. The minimum atomic E-state index is -1.01. The zero-order chi connectivity index (χ0) is 20.7. The Morgan fingerprint density at radius 3 is 2.22 bits per heavy atom. The highest BCUT2D eigenvalue weighted by molar-refractivity contribution is 5.72. The van der Waals surface area contributed by atoms with Gasteiger partial charge in [0.05, 0.1) is 40.1 Å². The molecule has 6 nitrogen and oxygen atoms in total. The average molecular weight is 383 g/mol. The number of aliphatic hydroxyl groups excluding tert-OH is 1. The summed E-state index contributed by atoms with van der Waals surface area (Å²) in [4.78, 5) is 22.9. The molecule has 0 aromatic heterocycles. The summed E-state index contributed by atoms with van der Waals surface area (Å²) in [6, 6.07) is 0. The maximum absolute atomic E-state index is 12.0. The van der Waals surface area contributed by atoms with Crippen LogP contribution in [0.1, 0.15) is 45.4 Å². The van der Waals surface area contributed by atoms with Crippen LogP contribution in [0.2, 0.25) is 0 Å². The molecule has 0 aliphatic carbocycles. The summed E-state index contributed by atoms with van der Waals surface area (Å²) in [5.41, 5.74) is 0. The second-order valence-corrected chi connectivity index (χ2v) is 7.62. The summed E-state index contributed by atoms with van der Waals surface area (Å²) in [6.45, 7) is 2.37. The Morgan fingerprint density at radius 2 is 1.67 bits per heavy atom. The normalized spacial score (nSPS) is 14.9. The Hall–Kier alpha value is -1.92. The fourth-order valence-electron chi connectivity index (χ4n) is 2.49. The van der Waals surface area contributed by atoms with E-state index in [1.165, 1.54) is 0 Å². The van der Waals surface area contributed by atoms with Gasteiger partial charge in [0.25, 0.3) is 0 Å². The largest absolute Gasteiger partial charge is 0.481 e. The van der Waals surface area contributed by atoms with Gasteiger partial charge in [0.15, 0.2) is 6.10 Å². The smallest absolute Gasteiger partial charge is 0.309 e. The first kappa shape index (κ1) is 25.1. The zero-order valence-electron chi connectivity index (χ0n) is 17.1. The van der Waals surface area contributed by atoms with Gasteiger partial charge in [0.1, 0.15) is 6.54 Å². The minimum absolute atomic E-state index is 0.171. The Morgan fingerprint density at radius 1 is 1.04 bits per heavy atom. The molecule has 2 unspecified atom stereocenters. The van der Waals surface area contributed by atoms with Crippen molar-refractivity contribution in [3.8, 4) is 0 Å². The lowest BCUT2D eigenvalue weighted by Crippen LogP contribution is -2.44. The van der Waals surface area contributed by atoms with Gasteiger partial charge in [0.2, 0.25) is 0 Å². The molecule has 0 aromatic rings. The monoisotopic (exact) mass is 382 g/mol. The van der Waals surface area contributed by atoms with Crippen molar-refractivity contribution in [3.63, 3.8) is 0 Å². The van der Waals surface area contributed by atoms with Gasteiger partial charge in [-0.25, -0.2) is 0 Å². The zero-order valence-corrected chi connectivity index (χ0v) is 17.1. The van der Waals surface area contributed by atoms with Crippen LogP contribution in [-0.2, 0) is 14.3 Å². The van der Waals surface area contributed by atoms with E-state index in [0.29, 0.717) is 11.0 Å². The van der Waals surface area contributed by atoms with Gasteiger partial charge < -0.3 is 19.4 Å². The van der Waals surface area contributed by atoms with Gasteiger partial charge in [-0.3, -0.25) is 9.59 Å². The van der Waals surface area contributed by atoms with E-state index in [1.54, 1.807) is 6.08 Å². The van der Waals surface area contributed by atoms with Crippen LogP contribution in [0.4, 0.5) is 0 Å².